The van der Waals surface area contributed by atoms with E-state index in [1.807, 2.05) is 19.1 Å². The molecule has 17 heavy (non-hydrogen) atoms. The third kappa shape index (κ3) is 1.93. The van der Waals surface area contributed by atoms with Crippen LogP contribution >= 0.6 is 0 Å². The van der Waals surface area contributed by atoms with E-state index in [1.165, 1.54) is 19.3 Å². The number of benzene rings is 1. The Morgan fingerprint density at radius 2 is 2.24 bits per heavy atom. The van der Waals surface area contributed by atoms with Crippen molar-refractivity contribution < 1.29 is 4.39 Å². The summed E-state index contributed by atoms with van der Waals surface area (Å²) in [6, 6.07) is 6.63. The van der Waals surface area contributed by atoms with E-state index in [4.69, 9.17) is 0 Å². The Balaban J connectivity index is 1.91. The van der Waals surface area contributed by atoms with Gasteiger partial charge in [-0.05, 0) is 43.9 Å². The number of halogens is 1. The number of rotatable bonds is 1. The summed E-state index contributed by atoms with van der Waals surface area (Å²) in [5.41, 5.74) is 1.78. The number of anilines is 1. The highest BCUT2D eigenvalue weighted by Gasteiger charge is 2.35. The van der Waals surface area contributed by atoms with Crippen LogP contribution in [0.2, 0.25) is 0 Å². The molecule has 1 aromatic rings. The lowest BCUT2D eigenvalue weighted by molar-refractivity contribution is 0.400. The molecule has 1 saturated heterocycles. The van der Waals surface area contributed by atoms with Crippen molar-refractivity contribution in [3.63, 3.8) is 0 Å². The summed E-state index contributed by atoms with van der Waals surface area (Å²) in [5.74, 6) is -0.0717. The van der Waals surface area contributed by atoms with Gasteiger partial charge in [0.1, 0.15) is 5.82 Å². The molecule has 1 aliphatic heterocycles. The molecule has 1 aliphatic carbocycles. The third-order valence-corrected chi connectivity index (χ3v) is 4.05. The molecule has 3 rings (SSSR count). The first-order valence-corrected chi connectivity index (χ1v) is 6.52. The molecule has 0 aromatic heterocycles. The van der Waals surface area contributed by atoms with E-state index in [0.29, 0.717) is 12.1 Å². The average molecular weight is 234 g/mol. The van der Waals surface area contributed by atoms with Crippen LogP contribution in [-0.4, -0.2) is 25.2 Å². The van der Waals surface area contributed by atoms with Gasteiger partial charge >= 0.3 is 0 Å². The van der Waals surface area contributed by atoms with Crippen LogP contribution in [0.15, 0.2) is 18.2 Å². The van der Waals surface area contributed by atoms with Gasteiger partial charge in [0.05, 0.1) is 5.69 Å². The molecule has 0 amide bonds. The van der Waals surface area contributed by atoms with Gasteiger partial charge in [0, 0.05) is 25.2 Å². The fraction of sp³-hybridized carbons (Fsp3) is 0.571. The van der Waals surface area contributed by atoms with Crippen LogP contribution in [0.3, 0.4) is 0 Å². The number of nitrogens with one attached hydrogen (secondary N) is 1. The molecular formula is C14H19FN2. The minimum atomic E-state index is -0.0717. The highest BCUT2D eigenvalue weighted by Crippen LogP contribution is 2.32. The molecule has 1 heterocycles. The SMILES string of the molecule is Cc1ccc(N2CCN[C@@H]3CCC[C@@H]32)c(F)c1. The number of nitrogens with zero attached hydrogens (tertiary/aromatic N) is 1. The highest BCUT2D eigenvalue weighted by molar-refractivity contribution is 5.51. The largest absolute Gasteiger partial charge is 0.363 e. The van der Waals surface area contributed by atoms with Crippen LogP contribution in [-0.2, 0) is 0 Å². The average Bonchev–Trinajstić information content (AvgIpc) is 2.77. The monoisotopic (exact) mass is 234 g/mol. The van der Waals surface area contributed by atoms with Crippen LogP contribution in [0, 0.1) is 12.7 Å². The third-order valence-electron chi connectivity index (χ3n) is 4.05. The molecule has 92 valence electrons. The van der Waals surface area contributed by atoms with Crippen LogP contribution in [0.1, 0.15) is 24.8 Å². The Bertz CT molecular complexity index is 419. The molecule has 0 radical (unpaired) electrons. The molecule has 0 unspecified atom stereocenters. The first kappa shape index (κ1) is 11.0. The molecule has 0 bridgehead atoms. The van der Waals surface area contributed by atoms with E-state index >= 15 is 0 Å². The molecular weight excluding hydrogens is 215 g/mol. The van der Waals surface area contributed by atoms with E-state index in [9.17, 15) is 4.39 Å². The summed E-state index contributed by atoms with van der Waals surface area (Å²) >= 11 is 0. The zero-order valence-electron chi connectivity index (χ0n) is 10.2. The van der Waals surface area contributed by atoms with Crippen LogP contribution < -0.4 is 10.2 Å². The second-order valence-corrected chi connectivity index (χ2v) is 5.21. The minimum Gasteiger partial charge on any atom is -0.363 e. The van der Waals surface area contributed by atoms with Crippen molar-refractivity contribution >= 4 is 5.69 Å². The van der Waals surface area contributed by atoms with Crippen LogP contribution in [0.25, 0.3) is 0 Å². The quantitative estimate of drug-likeness (QED) is 0.803. The molecule has 3 heteroatoms. The fourth-order valence-electron chi connectivity index (χ4n) is 3.23. The standard InChI is InChI=1S/C14H19FN2/c1-10-5-6-13(11(15)9-10)17-8-7-16-12-3-2-4-14(12)17/h5-6,9,12,14,16H,2-4,7-8H2,1H3/t12-,14+/m1/s1. The van der Waals surface area contributed by atoms with Gasteiger partial charge < -0.3 is 10.2 Å². The van der Waals surface area contributed by atoms with Crippen molar-refractivity contribution in [2.24, 2.45) is 0 Å². The van der Waals surface area contributed by atoms with Gasteiger partial charge in [-0.15, -0.1) is 0 Å². The van der Waals surface area contributed by atoms with Crippen molar-refractivity contribution in [3.8, 4) is 0 Å². The highest BCUT2D eigenvalue weighted by atomic mass is 19.1. The summed E-state index contributed by atoms with van der Waals surface area (Å²) < 4.78 is 14.0. The summed E-state index contributed by atoms with van der Waals surface area (Å²) in [4.78, 5) is 2.27. The first-order chi connectivity index (χ1) is 8.25. The zero-order valence-corrected chi connectivity index (χ0v) is 10.2. The zero-order chi connectivity index (χ0) is 11.8. The van der Waals surface area contributed by atoms with Crippen molar-refractivity contribution in [1.29, 1.82) is 0 Å². The Morgan fingerprint density at radius 1 is 1.35 bits per heavy atom. The van der Waals surface area contributed by atoms with E-state index in [-0.39, 0.29) is 5.82 Å². The Hall–Kier alpha value is -1.09. The van der Waals surface area contributed by atoms with Crippen molar-refractivity contribution in [2.75, 3.05) is 18.0 Å². The first-order valence-electron chi connectivity index (χ1n) is 6.52. The molecule has 2 fully saturated rings. The predicted molar refractivity (Wildman–Crippen MR) is 67.9 cm³/mol. The summed E-state index contributed by atoms with van der Waals surface area (Å²) in [6.45, 7) is 3.82. The lowest BCUT2D eigenvalue weighted by atomic mass is 10.1. The molecule has 2 atom stereocenters. The van der Waals surface area contributed by atoms with Gasteiger partial charge in [0.2, 0.25) is 0 Å². The lowest BCUT2D eigenvalue weighted by Crippen LogP contribution is -2.55. The van der Waals surface area contributed by atoms with Gasteiger partial charge in [-0.1, -0.05) is 6.07 Å². The van der Waals surface area contributed by atoms with Gasteiger partial charge in [0.15, 0.2) is 0 Å². The summed E-state index contributed by atoms with van der Waals surface area (Å²) in [5, 5.41) is 3.55. The van der Waals surface area contributed by atoms with Crippen LogP contribution in [0.4, 0.5) is 10.1 Å². The second kappa shape index (κ2) is 4.30. The maximum Gasteiger partial charge on any atom is 0.146 e. The minimum absolute atomic E-state index is 0.0717. The Kier molecular flexibility index (Phi) is 2.79. The molecule has 2 aliphatic rings. The van der Waals surface area contributed by atoms with E-state index in [2.05, 4.69) is 10.2 Å². The van der Waals surface area contributed by atoms with E-state index in [0.717, 1.165) is 24.3 Å². The molecule has 2 nitrogen and oxygen atoms in total. The van der Waals surface area contributed by atoms with Gasteiger partial charge in [0.25, 0.3) is 0 Å². The molecule has 0 spiro atoms. The Morgan fingerprint density at radius 3 is 3.06 bits per heavy atom. The normalized spacial score (nSPS) is 28.2. The topological polar surface area (TPSA) is 15.3 Å². The van der Waals surface area contributed by atoms with Crippen molar-refractivity contribution in [1.82, 2.24) is 5.32 Å². The number of aryl methyl sites for hydroxylation is 1. The van der Waals surface area contributed by atoms with Crippen molar-refractivity contribution in [3.05, 3.63) is 29.6 Å². The number of piperazine rings is 1. The summed E-state index contributed by atoms with van der Waals surface area (Å²) in [7, 11) is 0. The number of hydrogen-bond acceptors (Lipinski definition) is 2. The van der Waals surface area contributed by atoms with Crippen molar-refractivity contribution in [2.45, 2.75) is 38.3 Å². The fourth-order valence-corrected chi connectivity index (χ4v) is 3.23. The predicted octanol–water partition coefficient (Wildman–Crippen LogP) is 2.46. The lowest BCUT2D eigenvalue weighted by Gasteiger charge is -2.40. The summed E-state index contributed by atoms with van der Waals surface area (Å²) in [6.07, 6.45) is 3.67. The van der Waals surface area contributed by atoms with Gasteiger partial charge in [-0.25, -0.2) is 4.39 Å². The number of hydrogen-bond donors (Lipinski definition) is 1. The molecule has 1 aromatic carbocycles. The maximum atomic E-state index is 14.0. The van der Waals surface area contributed by atoms with Gasteiger partial charge in [-0.3, -0.25) is 0 Å². The van der Waals surface area contributed by atoms with E-state index < -0.39 is 0 Å². The van der Waals surface area contributed by atoms with E-state index in [1.54, 1.807) is 6.07 Å². The maximum absolute atomic E-state index is 14.0. The smallest absolute Gasteiger partial charge is 0.146 e. The Labute approximate surface area is 102 Å². The van der Waals surface area contributed by atoms with Gasteiger partial charge in [-0.2, -0.15) is 0 Å². The second-order valence-electron chi connectivity index (χ2n) is 5.21. The molecule has 1 saturated carbocycles. The van der Waals surface area contributed by atoms with Crippen LogP contribution in [0.5, 0.6) is 0 Å². The number of fused-ring (bicyclic) bond motifs is 1. The molecule has 1 N–H and O–H groups in total.